The first-order chi connectivity index (χ1) is 9.08. The average molecular weight is 268 g/mol. The number of rotatable bonds is 8. The lowest BCUT2D eigenvalue weighted by Crippen LogP contribution is -2.42. The Labute approximate surface area is 114 Å². The quantitative estimate of drug-likeness (QED) is 0.662. The number of aromatic nitrogens is 2. The highest BCUT2D eigenvalue weighted by Crippen LogP contribution is 2.06. The summed E-state index contributed by atoms with van der Waals surface area (Å²) >= 11 is 0. The van der Waals surface area contributed by atoms with E-state index >= 15 is 0 Å². The van der Waals surface area contributed by atoms with E-state index in [-0.39, 0.29) is 11.9 Å². The third-order valence-corrected chi connectivity index (χ3v) is 2.92. The van der Waals surface area contributed by atoms with Crippen molar-refractivity contribution >= 4 is 5.91 Å². The van der Waals surface area contributed by atoms with Crippen LogP contribution in [-0.2, 0) is 29.5 Å². The van der Waals surface area contributed by atoms with Crippen LogP contribution in [-0.4, -0.2) is 42.0 Å². The number of carbonyl (C=O) groups is 1. The lowest BCUT2D eigenvalue weighted by atomic mass is 10.2. The van der Waals surface area contributed by atoms with Gasteiger partial charge in [-0.15, -0.1) is 0 Å². The molecule has 0 bridgehead atoms. The summed E-state index contributed by atoms with van der Waals surface area (Å²) in [5.74, 6) is -0.0148. The minimum absolute atomic E-state index is 0.0148. The third-order valence-electron chi connectivity index (χ3n) is 2.92. The molecule has 2 N–H and O–H groups in total. The van der Waals surface area contributed by atoms with Gasteiger partial charge in [0.2, 0.25) is 5.91 Å². The van der Waals surface area contributed by atoms with Crippen molar-refractivity contribution in [3.63, 3.8) is 0 Å². The Hall–Kier alpha value is -1.40. The number of aryl methyl sites for hydroxylation is 2. The van der Waals surface area contributed by atoms with Gasteiger partial charge in [0.05, 0.1) is 18.3 Å². The molecular formula is C13H24N4O2. The molecule has 1 rings (SSSR count). The van der Waals surface area contributed by atoms with Crippen LogP contribution in [0.15, 0.2) is 6.20 Å². The number of methoxy groups -OCH3 is 1. The summed E-state index contributed by atoms with van der Waals surface area (Å²) in [5, 5.41) is 10.4. The van der Waals surface area contributed by atoms with Crippen LogP contribution in [0.1, 0.15) is 25.1 Å². The van der Waals surface area contributed by atoms with Crippen molar-refractivity contribution in [3.05, 3.63) is 17.5 Å². The number of hydrogen-bond donors (Lipinski definition) is 2. The molecule has 108 valence electrons. The van der Waals surface area contributed by atoms with E-state index in [1.165, 1.54) is 0 Å². The van der Waals surface area contributed by atoms with Crippen molar-refractivity contribution in [1.82, 2.24) is 20.4 Å². The van der Waals surface area contributed by atoms with Crippen LogP contribution in [0.5, 0.6) is 0 Å². The van der Waals surface area contributed by atoms with Gasteiger partial charge in [0.25, 0.3) is 0 Å². The summed E-state index contributed by atoms with van der Waals surface area (Å²) < 4.78 is 6.69. The lowest BCUT2D eigenvalue weighted by molar-refractivity contribution is -0.122. The predicted molar refractivity (Wildman–Crippen MR) is 73.8 cm³/mol. The van der Waals surface area contributed by atoms with Gasteiger partial charge in [-0.2, -0.15) is 5.10 Å². The van der Waals surface area contributed by atoms with Gasteiger partial charge < -0.3 is 15.4 Å². The second-order valence-electron chi connectivity index (χ2n) is 4.51. The molecule has 0 aliphatic rings. The summed E-state index contributed by atoms with van der Waals surface area (Å²) in [6.07, 6.45) is 2.88. The van der Waals surface area contributed by atoms with Gasteiger partial charge in [0, 0.05) is 39.0 Å². The molecule has 0 spiro atoms. The highest BCUT2D eigenvalue weighted by atomic mass is 16.5. The molecule has 0 aliphatic carbocycles. The monoisotopic (exact) mass is 268 g/mol. The minimum Gasteiger partial charge on any atom is -0.383 e. The molecule has 6 nitrogen and oxygen atoms in total. The second kappa shape index (κ2) is 7.91. The van der Waals surface area contributed by atoms with Crippen molar-refractivity contribution < 1.29 is 9.53 Å². The van der Waals surface area contributed by atoms with Crippen LogP contribution in [0.3, 0.4) is 0 Å². The second-order valence-corrected chi connectivity index (χ2v) is 4.51. The molecule has 1 unspecified atom stereocenters. The Balaban J connectivity index is 2.40. The Morgan fingerprint density at radius 1 is 1.58 bits per heavy atom. The van der Waals surface area contributed by atoms with Gasteiger partial charge in [-0.1, -0.05) is 6.92 Å². The molecule has 0 aromatic carbocycles. The molecule has 0 saturated heterocycles. The molecular weight excluding hydrogens is 244 g/mol. The molecule has 1 atom stereocenters. The fraction of sp³-hybridized carbons (Fsp3) is 0.692. The van der Waals surface area contributed by atoms with Crippen LogP contribution < -0.4 is 10.6 Å². The first-order valence-electron chi connectivity index (χ1n) is 6.59. The van der Waals surface area contributed by atoms with Crippen molar-refractivity contribution in [2.75, 3.05) is 20.3 Å². The zero-order valence-electron chi connectivity index (χ0n) is 12.2. The van der Waals surface area contributed by atoms with E-state index in [1.807, 2.05) is 20.2 Å². The standard InChI is InChI=1S/C13H24N4O2/c1-5-12-11(9-17(3)16-12)8-15-10(2)13(18)14-6-7-19-4/h9-10,15H,5-8H2,1-4H3,(H,14,18). The van der Waals surface area contributed by atoms with E-state index in [1.54, 1.807) is 11.8 Å². The summed E-state index contributed by atoms with van der Waals surface area (Å²) in [6, 6.07) is -0.234. The van der Waals surface area contributed by atoms with Gasteiger partial charge in [-0.25, -0.2) is 0 Å². The highest BCUT2D eigenvalue weighted by molar-refractivity contribution is 5.81. The molecule has 0 radical (unpaired) electrons. The average Bonchev–Trinajstić information content (AvgIpc) is 2.76. The minimum atomic E-state index is -0.234. The Bertz CT molecular complexity index is 403. The normalized spacial score (nSPS) is 12.4. The van der Waals surface area contributed by atoms with Gasteiger partial charge in [0.15, 0.2) is 0 Å². The van der Waals surface area contributed by atoms with Crippen LogP contribution in [0, 0.1) is 0 Å². The molecule has 1 heterocycles. The number of nitrogens with one attached hydrogen (secondary N) is 2. The maximum Gasteiger partial charge on any atom is 0.236 e. The smallest absolute Gasteiger partial charge is 0.236 e. The predicted octanol–water partition coefficient (Wildman–Crippen LogP) is 0.223. The van der Waals surface area contributed by atoms with Gasteiger partial charge in [-0.3, -0.25) is 9.48 Å². The summed E-state index contributed by atoms with van der Waals surface area (Å²) in [7, 11) is 3.52. The number of carbonyl (C=O) groups excluding carboxylic acids is 1. The number of nitrogens with zero attached hydrogens (tertiary/aromatic N) is 2. The zero-order valence-corrected chi connectivity index (χ0v) is 12.2. The largest absolute Gasteiger partial charge is 0.383 e. The molecule has 1 amide bonds. The Morgan fingerprint density at radius 2 is 2.32 bits per heavy atom. The summed E-state index contributed by atoms with van der Waals surface area (Å²) in [6.45, 7) is 5.64. The maximum absolute atomic E-state index is 11.7. The molecule has 1 aromatic heterocycles. The van der Waals surface area contributed by atoms with Crippen LogP contribution in [0.4, 0.5) is 0 Å². The summed E-state index contributed by atoms with van der Waals surface area (Å²) in [5.41, 5.74) is 2.21. The lowest BCUT2D eigenvalue weighted by Gasteiger charge is -2.13. The highest BCUT2D eigenvalue weighted by Gasteiger charge is 2.13. The van der Waals surface area contributed by atoms with Crippen LogP contribution in [0.2, 0.25) is 0 Å². The third kappa shape index (κ3) is 5.00. The fourth-order valence-corrected chi connectivity index (χ4v) is 1.81. The topological polar surface area (TPSA) is 68.2 Å². The van der Waals surface area contributed by atoms with Crippen LogP contribution >= 0.6 is 0 Å². The van der Waals surface area contributed by atoms with Crippen molar-refractivity contribution in [1.29, 1.82) is 0 Å². The zero-order chi connectivity index (χ0) is 14.3. The molecule has 1 aromatic rings. The van der Waals surface area contributed by atoms with Crippen molar-refractivity contribution in [2.45, 2.75) is 32.9 Å². The first-order valence-corrected chi connectivity index (χ1v) is 6.59. The molecule has 0 aliphatic heterocycles. The first kappa shape index (κ1) is 15.7. The van der Waals surface area contributed by atoms with Crippen molar-refractivity contribution in [2.24, 2.45) is 7.05 Å². The van der Waals surface area contributed by atoms with E-state index in [9.17, 15) is 4.79 Å². The van der Waals surface area contributed by atoms with E-state index in [2.05, 4.69) is 22.7 Å². The molecule has 6 heteroatoms. The number of amides is 1. The van der Waals surface area contributed by atoms with Crippen molar-refractivity contribution in [3.8, 4) is 0 Å². The maximum atomic E-state index is 11.7. The number of ether oxygens (including phenoxy) is 1. The van der Waals surface area contributed by atoms with E-state index in [4.69, 9.17) is 4.74 Å². The molecule has 19 heavy (non-hydrogen) atoms. The molecule has 0 saturated carbocycles. The van der Waals surface area contributed by atoms with Gasteiger partial charge in [0.1, 0.15) is 0 Å². The number of hydrogen-bond acceptors (Lipinski definition) is 4. The van der Waals surface area contributed by atoms with Gasteiger partial charge in [-0.05, 0) is 13.3 Å². The summed E-state index contributed by atoms with van der Waals surface area (Å²) in [4.78, 5) is 11.7. The fourth-order valence-electron chi connectivity index (χ4n) is 1.81. The van der Waals surface area contributed by atoms with E-state index in [0.717, 1.165) is 17.7 Å². The Morgan fingerprint density at radius 3 is 2.95 bits per heavy atom. The Kier molecular flexibility index (Phi) is 6.52. The van der Waals surface area contributed by atoms with Gasteiger partial charge >= 0.3 is 0 Å². The van der Waals surface area contributed by atoms with E-state index in [0.29, 0.717) is 19.7 Å². The van der Waals surface area contributed by atoms with E-state index < -0.39 is 0 Å². The molecule has 0 fully saturated rings. The SMILES string of the molecule is CCc1nn(C)cc1CNC(C)C(=O)NCCOC. The van der Waals surface area contributed by atoms with Crippen LogP contribution in [0.25, 0.3) is 0 Å².